The van der Waals surface area contributed by atoms with Gasteiger partial charge >= 0.3 is 0 Å². The molecule has 0 radical (unpaired) electrons. The van der Waals surface area contributed by atoms with Crippen molar-refractivity contribution in [3.8, 4) is 11.5 Å². The van der Waals surface area contributed by atoms with E-state index in [0.29, 0.717) is 17.2 Å². The minimum atomic E-state index is -0.197. The topological polar surface area (TPSA) is 89.6 Å². The van der Waals surface area contributed by atoms with E-state index in [2.05, 4.69) is 15.6 Å². The highest BCUT2D eigenvalue weighted by molar-refractivity contribution is 7.09. The fourth-order valence-corrected chi connectivity index (χ4v) is 5.25. The summed E-state index contributed by atoms with van der Waals surface area (Å²) >= 11 is 1.39. The number of nitrogens with zero attached hydrogens (tertiary/aromatic N) is 1. The maximum Gasteiger partial charge on any atom is 0.271 e. The van der Waals surface area contributed by atoms with E-state index in [0.717, 1.165) is 56.4 Å². The number of amides is 2. The van der Waals surface area contributed by atoms with Crippen LogP contribution in [-0.4, -0.2) is 36.0 Å². The Morgan fingerprint density at radius 1 is 1.00 bits per heavy atom. The van der Waals surface area contributed by atoms with Crippen molar-refractivity contribution in [2.24, 2.45) is 5.92 Å². The standard InChI is InChI=1S/C24H31N3O4S/c1-30-20-12-6-7-13-21(20)31-14-22-25-19(15-32-22)24(29)27-18-11-5-4-10-17(18)26-23(28)16-8-2-3-9-16/h6-7,12-13,15-18H,2-5,8-11,14H2,1H3,(H,26,28)(H,27,29). The number of para-hydroxylation sites is 2. The third-order valence-electron chi connectivity index (χ3n) is 6.34. The van der Waals surface area contributed by atoms with Gasteiger partial charge in [0.15, 0.2) is 11.5 Å². The number of rotatable bonds is 8. The van der Waals surface area contributed by atoms with E-state index >= 15 is 0 Å². The van der Waals surface area contributed by atoms with Crippen molar-refractivity contribution in [3.63, 3.8) is 0 Å². The van der Waals surface area contributed by atoms with Gasteiger partial charge in [0.25, 0.3) is 5.91 Å². The van der Waals surface area contributed by atoms with Crippen LogP contribution in [-0.2, 0) is 11.4 Å². The van der Waals surface area contributed by atoms with Crippen molar-refractivity contribution in [1.29, 1.82) is 0 Å². The predicted molar refractivity (Wildman–Crippen MR) is 123 cm³/mol. The molecule has 0 aliphatic heterocycles. The molecule has 2 aliphatic carbocycles. The molecule has 0 spiro atoms. The zero-order valence-electron chi connectivity index (χ0n) is 18.5. The van der Waals surface area contributed by atoms with Crippen LogP contribution in [0, 0.1) is 5.92 Å². The summed E-state index contributed by atoms with van der Waals surface area (Å²) in [5.74, 6) is 1.39. The van der Waals surface area contributed by atoms with Gasteiger partial charge in [-0.05, 0) is 37.8 Å². The van der Waals surface area contributed by atoms with Crippen LogP contribution in [0.5, 0.6) is 11.5 Å². The minimum absolute atomic E-state index is 0.00668. The van der Waals surface area contributed by atoms with Gasteiger partial charge in [0.2, 0.25) is 5.91 Å². The van der Waals surface area contributed by atoms with Crippen LogP contribution >= 0.6 is 11.3 Å². The lowest BCUT2D eigenvalue weighted by atomic mass is 9.89. The first-order chi connectivity index (χ1) is 15.6. The molecular formula is C24H31N3O4S. The molecule has 2 aliphatic rings. The highest BCUT2D eigenvalue weighted by atomic mass is 32.1. The summed E-state index contributed by atoms with van der Waals surface area (Å²) in [4.78, 5) is 29.9. The third-order valence-corrected chi connectivity index (χ3v) is 7.16. The smallest absolute Gasteiger partial charge is 0.271 e. The Bertz CT molecular complexity index is 925. The summed E-state index contributed by atoms with van der Waals surface area (Å²) in [7, 11) is 1.60. The number of carbonyl (C=O) groups is 2. The van der Waals surface area contributed by atoms with E-state index in [1.54, 1.807) is 12.5 Å². The second-order valence-corrected chi connectivity index (χ2v) is 9.47. The Balaban J connectivity index is 1.32. The second-order valence-electron chi connectivity index (χ2n) is 8.53. The molecule has 2 unspecified atom stereocenters. The lowest BCUT2D eigenvalue weighted by Gasteiger charge is -2.33. The molecule has 2 saturated carbocycles. The number of methoxy groups -OCH3 is 1. The summed E-state index contributed by atoms with van der Waals surface area (Å²) in [6, 6.07) is 7.37. The van der Waals surface area contributed by atoms with Gasteiger partial charge in [-0.2, -0.15) is 0 Å². The lowest BCUT2D eigenvalue weighted by molar-refractivity contribution is -0.125. The number of aromatic nitrogens is 1. The Morgan fingerprint density at radius 3 is 2.38 bits per heavy atom. The average Bonchev–Trinajstić information content (AvgIpc) is 3.52. The van der Waals surface area contributed by atoms with Gasteiger partial charge in [-0.1, -0.05) is 37.8 Å². The van der Waals surface area contributed by atoms with Gasteiger partial charge in [0, 0.05) is 23.4 Å². The van der Waals surface area contributed by atoms with E-state index in [1.807, 2.05) is 24.3 Å². The predicted octanol–water partition coefficient (Wildman–Crippen LogP) is 4.08. The molecule has 7 nitrogen and oxygen atoms in total. The first kappa shape index (κ1) is 22.6. The van der Waals surface area contributed by atoms with E-state index in [1.165, 1.54) is 11.3 Å². The summed E-state index contributed by atoms with van der Waals surface area (Å²) in [6.45, 7) is 0.266. The van der Waals surface area contributed by atoms with Crippen LogP contribution in [0.1, 0.15) is 66.9 Å². The first-order valence-electron chi connectivity index (χ1n) is 11.5. The number of hydrogen-bond donors (Lipinski definition) is 2. The number of hydrogen-bond acceptors (Lipinski definition) is 6. The summed E-state index contributed by atoms with van der Waals surface area (Å²) < 4.78 is 11.1. The number of carbonyl (C=O) groups excluding carboxylic acids is 2. The Morgan fingerprint density at radius 2 is 1.66 bits per heavy atom. The molecule has 2 atom stereocenters. The molecule has 4 rings (SSSR count). The summed E-state index contributed by atoms with van der Waals surface area (Å²) in [5.41, 5.74) is 0.389. The molecule has 1 heterocycles. The van der Waals surface area contributed by atoms with E-state index < -0.39 is 0 Å². The van der Waals surface area contributed by atoms with Crippen LogP contribution < -0.4 is 20.1 Å². The number of ether oxygens (including phenoxy) is 2. The zero-order valence-corrected chi connectivity index (χ0v) is 19.3. The van der Waals surface area contributed by atoms with Crippen molar-refractivity contribution in [2.75, 3.05) is 7.11 Å². The molecule has 2 N–H and O–H groups in total. The van der Waals surface area contributed by atoms with Crippen LogP contribution in [0.3, 0.4) is 0 Å². The highest BCUT2D eigenvalue weighted by Crippen LogP contribution is 2.28. The Labute approximate surface area is 192 Å². The summed E-state index contributed by atoms with van der Waals surface area (Å²) in [6.07, 6.45) is 8.13. The molecule has 1 aromatic carbocycles. The molecular weight excluding hydrogens is 426 g/mol. The largest absolute Gasteiger partial charge is 0.493 e. The van der Waals surface area contributed by atoms with E-state index in [-0.39, 0.29) is 36.4 Å². The van der Waals surface area contributed by atoms with Gasteiger partial charge in [-0.15, -0.1) is 11.3 Å². The first-order valence-corrected chi connectivity index (χ1v) is 12.3. The van der Waals surface area contributed by atoms with Crippen molar-refractivity contribution in [3.05, 3.63) is 40.3 Å². The van der Waals surface area contributed by atoms with Crippen molar-refractivity contribution < 1.29 is 19.1 Å². The molecule has 172 valence electrons. The monoisotopic (exact) mass is 457 g/mol. The number of thiazole rings is 1. The molecule has 1 aromatic heterocycles. The molecule has 8 heteroatoms. The highest BCUT2D eigenvalue weighted by Gasteiger charge is 2.31. The fraction of sp³-hybridized carbons (Fsp3) is 0.542. The van der Waals surface area contributed by atoms with Gasteiger partial charge in [-0.3, -0.25) is 9.59 Å². The van der Waals surface area contributed by atoms with E-state index in [4.69, 9.17) is 9.47 Å². The summed E-state index contributed by atoms with van der Waals surface area (Å²) in [5, 5.41) is 8.81. The Kier molecular flexibility index (Phi) is 7.63. The maximum absolute atomic E-state index is 12.8. The minimum Gasteiger partial charge on any atom is -0.493 e. The van der Waals surface area contributed by atoms with Crippen molar-refractivity contribution in [1.82, 2.24) is 15.6 Å². The number of nitrogens with one attached hydrogen (secondary N) is 2. The molecule has 0 saturated heterocycles. The van der Waals surface area contributed by atoms with Gasteiger partial charge < -0.3 is 20.1 Å². The van der Waals surface area contributed by atoms with Gasteiger partial charge in [0.1, 0.15) is 17.3 Å². The van der Waals surface area contributed by atoms with E-state index in [9.17, 15) is 9.59 Å². The maximum atomic E-state index is 12.8. The molecule has 2 aromatic rings. The fourth-order valence-electron chi connectivity index (χ4n) is 4.57. The van der Waals surface area contributed by atoms with Crippen molar-refractivity contribution >= 4 is 23.2 Å². The van der Waals surface area contributed by atoms with Crippen molar-refractivity contribution in [2.45, 2.75) is 70.1 Å². The van der Waals surface area contributed by atoms with Crippen LogP contribution in [0.2, 0.25) is 0 Å². The van der Waals surface area contributed by atoms with Gasteiger partial charge in [0.05, 0.1) is 7.11 Å². The van der Waals surface area contributed by atoms with Crippen LogP contribution in [0.25, 0.3) is 0 Å². The average molecular weight is 458 g/mol. The SMILES string of the molecule is COc1ccccc1OCc1nc(C(=O)NC2CCCCC2NC(=O)C2CCCC2)cs1. The third kappa shape index (κ3) is 5.59. The van der Waals surface area contributed by atoms with Crippen LogP contribution in [0.15, 0.2) is 29.6 Å². The lowest BCUT2D eigenvalue weighted by Crippen LogP contribution is -2.54. The molecule has 32 heavy (non-hydrogen) atoms. The second kappa shape index (κ2) is 10.8. The quantitative estimate of drug-likeness (QED) is 0.624. The number of benzene rings is 1. The molecule has 0 bridgehead atoms. The Hall–Kier alpha value is -2.61. The van der Waals surface area contributed by atoms with Gasteiger partial charge in [-0.25, -0.2) is 4.98 Å². The molecule has 2 fully saturated rings. The normalized spacial score (nSPS) is 21.2. The zero-order chi connectivity index (χ0) is 22.3. The molecule has 2 amide bonds. The van der Waals surface area contributed by atoms with Crippen LogP contribution in [0.4, 0.5) is 0 Å².